The molecule has 14 heavy (non-hydrogen) atoms. The summed E-state index contributed by atoms with van der Waals surface area (Å²) in [5.41, 5.74) is 0.945. The van der Waals surface area contributed by atoms with Gasteiger partial charge in [-0.1, -0.05) is 0 Å². The fourth-order valence-electron chi connectivity index (χ4n) is 1.38. The largest absolute Gasteiger partial charge is 0.241 e. The Morgan fingerprint density at radius 1 is 1.36 bits per heavy atom. The summed E-state index contributed by atoms with van der Waals surface area (Å²) >= 11 is 2.25. The van der Waals surface area contributed by atoms with Crippen molar-refractivity contribution in [2.24, 2.45) is 0 Å². The van der Waals surface area contributed by atoms with E-state index < -0.39 is 0 Å². The van der Waals surface area contributed by atoms with Crippen LogP contribution in [0.5, 0.6) is 0 Å². The number of hydrogen-bond donors (Lipinski definition) is 0. The maximum absolute atomic E-state index is 4.50. The van der Waals surface area contributed by atoms with E-state index in [2.05, 4.69) is 59.5 Å². The van der Waals surface area contributed by atoms with E-state index in [1.54, 1.807) is 0 Å². The first kappa shape index (κ1) is 9.89. The average Bonchev–Trinajstić information content (AvgIpc) is 2.44. The first-order valence-corrected chi connectivity index (χ1v) is 5.58. The molecule has 0 aliphatic heterocycles. The van der Waals surface area contributed by atoms with E-state index >= 15 is 0 Å². The van der Waals surface area contributed by atoms with Gasteiger partial charge in [-0.15, -0.1) is 0 Å². The number of nitrogens with zero attached hydrogens (tertiary/aromatic N) is 3. The van der Waals surface area contributed by atoms with Gasteiger partial charge in [-0.3, -0.25) is 0 Å². The molecule has 0 aromatic carbocycles. The lowest BCUT2D eigenvalue weighted by Gasteiger charge is -2.19. The van der Waals surface area contributed by atoms with Crippen molar-refractivity contribution in [3.8, 4) is 0 Å². The lowest BCUT2D eigenvalue weighted by Crippen LogP contribution is -2.23. The molecule has 0 aliphatic carbocycles. The van der Waals surface area contributed by atoms with Crippen molar-refractivity contribution in [2.45, 2.75) is 26.3 Å². The second-order valence-corrected chi connectivity index (χ2v) is 5.27. The van der Waals surface area contributed by atoms with Crippen LogP contribution in [0.25, 0.3) is 11.0 Å². The van der Waals surface area contributed by atoms with Gasteiger partial charge in [0, 0.05) is 6.20 Å². The van der Waals surface area contributed by atoms with E-state index in [1.807, 2.05) is 16.9 Å². The van der Waals surface area contributed by atoms with Crippen LogP contribution < -0.4 is 0 Å². The highest BCUT2D eigenvalue weighted by Gasteiger charge is 2.19. The molecular weight excluding hydrogens is 289 g/mol. The van der Waals surface area contributed by atoms with Gasteiger partial charge in [0.2, 0.25) is 0 Å². The predicted molar refractivity (Wildman–Crippen MR) is 65.2 cm³/mol. The summed E-state index contributed by atoms with van der Waals surface area (Å²) < 4.78 is 2.99. The van der Waals surface area contributed by atoms with Crippen LogP contribution in [0.2, 0.25) is 0 Å². The summed E-state index contributed by atoms with van der Waals surface area (Å²) in [4.78, 5) is 4.36. The maximum atomic E-state index is 4.50. The van der Waals surface area contributed by atoms with E-state index in [0.29, 0.717) is 0 Å². The van der Waals surface area contributed by atoms with Gasteiger partial charge in [0.1, 0.15) is 3.70 Å². The molecule has 74 valence electrons. The highest BCUT2D eigenvalue weighted by atomic mass is 127. The minimum Gasteiger partial charge on any atom is -0.241 e. The summed E-state index contributed by atoms with van der Waals surface area (Å²) in [6.45, 7) is 6.39. The number of aromatic nitrogens is 3. The fourth-order valence-corrected chi connectivity index (χ4v) is 2.02. The first-order chi connectivity index (χ1) is 6.50. The zero-order valence-corrected chi connectivity index (χ0v) is 10.6. The molecule has 0 spiro atoms. The fraction of sp³-hybridized carbons (Fsp3) is 0.400. The third-order valence-electron chi connectivity index (χ3n) is 2.03. The zero-order chi connectivity index (χ0) is 10.3. The van der Waals surface area contributed by atoms with Crippen LogP contribution in [0.15, 0.2) is 18.3 Å². The van der Waals surface area contributed by atoms with Gasteiger partial charge in [-0.2, -0.15) is 5.10 Å². The Morgan fingerprint density at radius 2 is 2.07 bits per heavy atom. The van der Waals surface area contributed by atoms with Crippen molar-refractivity contribution >= 4 is 33.6 Å². The molecule has 0 fully saturated rings. The Balaban J connectivity index is 2.80. The molecule has 0 bridgehead atoms. The summed E-state index contributed by atoms with van der Waals surface area (Å²) in [7, 11) is 0. The van der Waals surface area contributed by atoms with Gasteiger partial charge >= 0.3 is 0 Å². The monoisotopic (exact) mass is 301 g/mol. The summed E-state index contributed by atoms with van der Waals surface area (Å²) in [6, 6.07) is 4.00. The molecule has 0 unspecified atom stereocenters. The standard InChI is InChI=1S/C10H12IN3/c1-10(2,3)14-9-7(8(11)13-14)5-4-6-12-9/h4-6H,1-3H3. The van der Waals surface area contributed by atoms with Crippen LogP contribution in [-0.4, -0.2) is 14.8 Å². The van der Waals surface area contributed by atoms with Crippen LogP contribution >= 0.6 is 22.6 Å². The normalized spacial score (nSPS) is 12.3. The Morgan fingerprint density at radius 3 is 2.71 bits per heavy atom. The van der Waals surface area contributed by atoms with Crippen LogP contribution in [0.1, 0.15) is 20.8 Å². The van der Waals surface area contributed by atoms with Crippen molar-refractivity contribution < 1.29 is 0 Å². The second-order valence-electron chi connectivity index (χ2n) is 4.25. The molecule has 2 aromatic rings. The van der Waals surface area contributed by atoms with Crippen LogP contribution in [0.4, 0.5) is 0 Å². The minimum atomic E-state index is -0.0178. The van der Waals surface area contributed by atoms with E-state index in [-0.39, 0.29) is 5.54 Å². The molecule has 4 heteroatoms. The molecular formula is C10H12IN3. The van der Waals surface area contributed by atoms with Crippen molar-refractivity contribution in [1.82, 2.24) is 14.8 Å². The Labute approximate surface area is 96.7 Å². The number of rotatable bonds is 0. The third kappa shape index (κ3) is 1.51. The molecule has 0 amide bonds. The molecule has 0 saturated carbocycles. The molecule has 2 heterocycles. The molecule has 0 atom stereocenters. The van der Waals surface area contributed by atoms with Crippen LogP contribution in [0, 0.1) is 3.70 Å². The second kappa shape index (κ2) is 3.18. The highest BCUT2D eigenvalue weighted by molar-refractivity contribution is 14.1. The smallest absolute Gasteiger partial charge is 0.159 e. The summed E-state index contributed by atoms with van der Waals surface area (Å²) in [5.74, 6) is 0. The third-order valence-corrected chi connectivity index (χ3v) is 2.83. The van der Waals surface area contributed by atoms with Gasteiger partial charge in [0.05, 0.1) is 10.9 Å². The lowest BCUT2D eigenvalue weighted by atomic mass is 10.1. The number of hydrogen-bond acceptors (Lipinski definition) is 2. The number of halogens is 1. The van der Waals surface area contributed by atoms with Crippen molar-refractivity contribution in [1.29, 1.82) is 0 Å². The van der Waals surface area contributed by atoms with Gasteiger partial charge in [0.25, 0.3) is 0 Å². The van der Waals surface area contributed by atoms with E-state index in [0.717, 1.165) is 14.7 Å². The SMILES string of the molecule is CC(C)(C)n1nc(I)c2cccnc21. The van der Waals surface area contributed by atoms with Gasteiger partial charge in [-0.05, 0) is 55.5 Å². The van der Waals surface area contributed by atoms with Crippen molar-refractivity contribution in [3.05, 3.63) is 22.0 Å². The molecule has 0 aliphatic rings. The Bertz CT molecular complexity index is 468. The average molecular weight is 301 g/mol. The predicted octanol–water partition coefficient (Wildman–Crippen LogP) is 2.79. The first-order valence-electron chi connectivity index (χ1n) is 4.50. The number of pyridine rings is 1. The zero-order valence-electron chi connectivity index (χ0n) is 8.45. The minimum absolute atomic E-state index is 0.0178. The summed E-state index contributed by atoms with van der Waals surface area (Å²) in [6.07, 6.45) is 1.81. The van der Waals surface area contributed by atoms with Crippen molar-refractivity contribution in [3.63, 3.8) is 0 Å². The number of fused-ring (bicyclic) bond motifs is 1. The summed E-state index contributed by atoms with van der Waals surface area (Å²) in [5, 5.41) is 5.63. The van der Waals surface area contributed by atoms with Gasteiger partial charge in [-0.25, -0.2) is 9.67 Å². The van der Waals surface area contributed by atoms with Gasteiger partial charge in [0.15, 0.2) is 5.65 Å². The topological polar surface area (TPSA) is 30.7 Å². The van der Waals surface area contributed by atoms with Crippen LogP contribution in [0.3, 0.4) is 0 Å². The Kier molecular flexibility index (Phi) is 2.25. The molecule has 0 N–H and O–H groups in total. The molecule has 2 rings (SSSR count). The highest BCUT2D eigenvalue weighted by Crippen LogP contribution is 2.23. The van der Waals surface area contributed by atoms with E-state index in [1.165, 1.54) is 0 Å². The van der Waals surface area contributed by atoms with E-state index in [9.17, 15) is 0 Å². The van der Waals surface area contributed by atoms with E-state index in [4.69, 9.17) is 0 Å². The molecule has 2 aromatic heterocycles. The van der Waals surface area contributed by atoms with Crippen LogP contribution in [-0.2, 0) is 5.54 Å². The Hall–Kier alpha value is -0.650. The molecule has 3 nitrogen and oxygen atoms in total. The lowest BCUT2D eigenvalue weighted by molar-refractivity contribution is 0.364. The maximum Gasteiger partial charge on any atom is 0.159 e. The molecule has 0 saturated heterocycles. The quantitative estimate of drug-likeness (QED) is 0.701. The van der Waals surface area contributed by atoms with Crippen molar-refractivity contribution in [2.75, 3.05) is 0 Å². The van der Waals surface area contributed by atoms with Gasteiger partial charge < -0.3 is 0 Å². The molecule has 0 radical (unpaired) electrons.